The normalized spacial score (nSPS) is 21.1. The summed E-state index contributed by atoms with van der Waals surface area (Å²) in [6, 6.07) is 0. The molecule has 1 atom stereocenters. The van der Waals surface area contributed by atoms with Crippen LogP contribution in [0.1, 0.15) is 56.2 Å². The predicted octanol–water partition coefficient (Wildman–Crippen LogP) is 4.02. The molecule has 3 heterocycles. The Bertz CT molecular complexity index is 599. The first-order valence-electron chi connectivity index (χ1n) is 10.9. The lowest BCUT2D eigenvalue weighted by Gasteiger charge is -2.35. The van der Waals surface area contributed by atoms with Crippen molar-refractivity contribution in [2.45, 2.75) is 71.0 Å². The number of thiazole rings is 1. The zero-order valence-corrected chi connectivity index (χ0v) is 21.0. The number of nitrogens with one attached hydrogen (secondary N) is 1. The third kappa shape index (κ3) is 8.67. The maximum Gasteiger partial charge on any atom is 0.193 e. The second kappa shape index (κ2) is 13.8. The molecule has 0 bridgehead atoms. The van der Waals surface area contributed by atoms with Gasteiger partial charge in [0, 0.05) is 50.3 Å². The van der Waals surface area contributed by atoms with Crippen molar-refractivity contribution in [2.75, 3.05) is 39.4 Å². The Morgan fingerprint density at radius 1 is 1.34 bits per heavy atom. The van der Waals surface area contributed by atoms with E-state index in [4.69, 9.17) is 14.5 Å². The minimum Gasteiger partial charge on any atom is -0.376 e. The van der Waals surface area contributed by atoms with Crippen LogP contribution in [0.5, 0.6) is 0 Å². The molecule has 6 nitrogen and oxygen atoms in total. The Morgan fingerprint density at radius 2 is 2.17 bits per heavy atom. The van der Waals surface area contributed by atoms with Gasteiger partial charge >= 0.3 is 0 Å². The Hall–Kier alpha value is -0.450. The lowest BCUT2D eigenvalue weighted by atomic mass is 10.1. The molecule has 1 aromatic heterocycles. The van der Waals surface area contributed by atoms with Crippen LogP contribution in [0.4, 0.5) is 0 Å². The smallest absolute Gasteiger partial charge is 0.193 e. The van der Waals surface area contributed by atoms with Gasteiger partial charge in [0.1, 0.15) is 0 Å². The van der Waals surface area contributed by atoms with E-state index in [2.05, 4.69) is 34.4 Å². The number of piperidine rings is 1. The monoisotopic (exact) mass is 536 g/mol. The second-order valence-corrected chi connectivity index (χ2v) is 8.67. The van der Waals surface area contributed by atoms with Gasteiger partial charge in [-0.3, -0.25) is 4.99 Å². The van der Waals surface area contributed by atoms with Crippen LogP contribution in [0.25, 0.3) is 0 Å². The number of aromatic nitrogens is 1. The van der Waals surface area contributed by atoms with Crippen molar-refractivity contribution >= 4 is 41.3 Å². The van der Waals surface area contributed by atoms with Gasteiger partial charge in [0.25, 0.3) is 0 Å². The van der Waals surface area contributed by atoms with Gasteiger partial charge in [-0.1, -0.05) is 0 Å². The molecule has 1 unspecified atom stereocenters. The van der Waals surface area contributed by atoms with Crippen molar-refractivity contribution < 1.29 is 9.47 Å². The zero-order valence-electron chi connectivity index (χ0n) is 17.9. The molecule has 2 aliphatic rings. The topological polar surface area (TPSA) is 59.0 Å². The summed E-state index contributed by atoms with van der Waals surface area (Å²) in [6.45, 7) is 9.61. The van der Waals surface area contributed by atoms with Crippen LogP contribution < -0.4 is 5.32 Å². The first-order chi connectivity index (χ1) is 13.7. The standard InChI is InChI=1S/C21H36N4O2S.HI/c1-3-22-21(23-11-6-8-20-24-17(2)16-28-20)25-12-9-18(10-13-25)27-15-19-7-4-5-14-26-19;/h16,18-19H,3-15H2,1-2H3,(H,22,23);1H. The Labute approximate surface area is 196 Å². The molecule has 1 N–H and O–H groups in total. The first kappa shape index (κ1) is 24.8. The molecule has 0 saturated carbocycles. The van der Waals surface area contributed by atoms with E-state index < -0.39 is 0 Å². The average molecular weight is 537 g/mol. The van der Waals surface area contributed by atoms with Crippen LogP contribution in [0.15, 0.2) is 10.4 Å². The fourth-order valence-electron chi connectivity index (χ4n) is 3.78. The molecule has 166 valence electrons. The maximum atomic E-state index is 6.14. The van der Waals surface area contributed by atoms with Gasteiger partial charge in [0.2, 0.25) is 0 Å². The van der Waals surface area contributed by atoms with Crippen molar-refractivity contribution in [3.8, 4) is 0 Å². The highest BCUT2D eigenvalue weighted by Gasteiger charge is 2.23. The highest BCUT2D eigenvalue weighted by molar-refractivity contribution is 14.0. The number of halogens is 1. The first-order valence-corrected chi connectivity index (χ1v) is 11.8. The quantitative estimate of drug-likeness (QED) is 0.236. The van der Waals surface area contributed by atoms with Crippen molar-refractivity contribution in [3.05, 3.63) is 16.1 Å². The Morgan fingerprint density at radius 3 is 2.83 bits per heavy atom. The summed E-state index contributed by atoms with van der Waals surface area (Å²) in [7, 11) is 0. The van der Waals surface area contributed by atoms with Gasteiger partial charge in [-0.25, -0.2) is 4.98 Å². The third-order valence-electron chi connectivity index (χ3n) is 5.35. The minimum absolute atomic E-state index is 0. The molecular weight excluding hydrogens is 499 g/mol. The fraction of sp³-hybridized carbons (Fsp3) is 0.810. The summed E-state index contributed by atoms with van der Waals surface area (Å²) in [5.41, 5.74) is 1.12. The zero-order chi connectivity index (χ0) is 19.6. The number of nitrogens with zero attached hydrogens (tertiary/aromatic N) is 3. The van der Waals surface area contributed by atoms with Gasteiger partial charge < -0.3 is 19.7 Å². The SMILES string of the molecule is CCNC(=NCCCc1nc(C)cs1)N1CCC(OCC2CCCCO2)CC1.I. The van der Waals surface area contributed by atoms with Gasteiger partial charge in [-0.2, -0.15) is 0 Å². The molecule has 3 rings (SSSR count). The van der Waals surface area contributed by atoms with E-state index in [0.29, 0.717) is 12.2 Å². The number of guanidine groups is 1. The summed E-state index contributed by atoms with van der Waals surface area (Å²) in [4.78, 5) is 11.8. The van der Waals surface area contributed by atoms with Crippen molar-refractivity contribution in [2.24, 2.45) is 4.99 Å². The number of hydrogen-bond acceptors (Lipinski definition) is 5. The molecule has 2 aliphatic heterocycles. The second-order valence-electron chi connectivity index (χ2n) is 7.73. The molecule has 0 radical (unpaired) electrons. The number of aryl methyl sites for hydroxylation is 2. The number of hydrogen-bond donors (Lipinski definition) is 1. The summed E-state index contributed by atoms with van der Waals surface area (Å²) in [5, 5.41) is 6.80. The summed E-state index contributed by atoms with van der Waals surface area (Å²) < 4.78 is 11.9. The lowest BCUT2D eigenvalue weighted by molar-refractivity contribution is -0.0721. The summed E-state index contributed by atoms with van der Waals surface area (Å²) in [6.07, 6.45) is 8.48. The number of aliphatic imine (C=N–C) groups is 1. The van der Waals surface area contributed by atoms with Crippen LogP contribution in [0, 0.1) is 6.92 Å². The molecule has 0 aliphatic carbocycles. The van der Waals surface area contributed by atoms with Gasteiger partial charge in [-0.05, 0) is 52.4 Å². The Balaban J connectivity index is 0.00000300. The van der Waals surface area contributed by atoms with Gasteiger partial charge in [0.05, 0.1) is 23.8 Å². The van der Waals surface area contributed by atoms with Crippen LogP contribution in [0.3, 0.4) is 0 Å². The van der Waals surface area contributed by atoms with E-state index in [0.717, 1.165) is 83.2 Å². The van der Waals surface area contributed by atoms with Crippen molar-refractivity contribution in [3.63, 3.8) is 0 Å². The lowest BCUT2D eigenvalue weighted by Crippen LogP contribution is -2.47. The van der Waals surface area contributed by atoms with Crippen molar-refractivity contribution in [1.82, 2.24) is 15.2 Å². The van der Waals surface area contributed by atoms with Crippen LogP contribution in [-0.4, -0.2) is 67.4 Å². The van der Waals surface area contributed by atoms with Crippen LogP contribution >= 0.6 is 35.3 Å². The number of likely N-dealkylation sites (tertiary alicyclic amines) is 1. The number of ether oxygens (including phenoxy) is 2. The largest absolute Gasteiger partial charge is 0.376 e. The maximum absolute atomic E-state index is 6.14. The number of rotatable bonds is 8. The van der Waals surface area contributed by atoms with Crippen molar-refractivity contribution in [1.29, 1.82) is 0 Å². The van der Waals surface area contributed by atoms with E-state index in [1.54, 1.807) is 11.3 Å². The molecule has 29 heavy (non-hydrogen) atoms. The van der Waals surface area contributed by atoms with E-state index >= 15 is 0 Å². The molecule has 0 spiro atoms. The fourth-order valence-corrected chi connectivity index (χ4v) is 4.59. The summed E-state index contributed by atoms with van der Waals surface area (Å²) >= 11 is 1.75. The third-order valence-corrected chi connectivity index (χ3v) is 6.37. The molecule has 1 aromatic rings. The van der Waals surface area contributed by atoms with E-state index in [-0.39, 0.29) is 24.0 Å². The van der Waals surface area contributed by atoms with Crippen LogP contribution in [0.2, 0.25) is 0 Å². The molecule has 8 heteroatoms. The summed E-state index contributed by atoms with van der Waals surface area (Å²) in [5.74, 6) is 1.05. The van der Waals surface area contributed by atoms with E-state index in [1.165, 1.54) is 17.8 Å². The van der Waals surface area contributed by atoms with Gasteiger partial charge in [-0.15, -0.1) is 35.3 Å². The molecular formula is C21H37IN4O2S. The molecule has 2 fully saturated rings. The van der Waals surface area contributed by atoms with E-state index in [1.807, 2.05) is 0 Å². The Kier molecular flexibility index (Phi) is 11.8. The van der Waals surface area contributed by atoms with E-state index in [9.17, 15) is 0 Å². The molecule has 2 saturated heterocycles. The molecule has 0 amide bonds. The average Bonchev–Trinajstić information content (AvgIpc) is 3.15. The highest BCUT2D eigenvalue weighted by Crippen LogP contribution is 2.18. The molecule has 0 aromatic carbocycles. The highest BCUT2D eigenvalue weighted by atomic mass is 127. The van der Waals surface area contributed by atoms with Crippen LogP contribution in [-0.2, 0) is 15.9 Å². The predicted molar refractivity (Wildman–Crippen MR) is 131 cm³/mol. The van der Waals surface area contributed by atoms with Gasteiger partial charge in [0.15, 0.2) is 5.96 Å². The minimum atomic E-state index is 0.